The molecule has 2 atom stereocenters. The molecule has 0 aromatic carbocycles. The summed E-state index contributed by atoms with van der Waals surface area (Å²) in [4.78, 5) is 14.3. The highest BCUT2D eigenvalue weighted by Gasteiger charge is 2.30. The molecule has 19 heavy (non-hydrogen) atoms. The van der Waals surface area contributed by atoms with Crippen LogP contribution < -0.4 is 0 Å². The van der Waals surface area contributed by atoms with Crippen LogP contribution in [0.15, 0.2) is 0 Å². The number of carbonyl (C=O) groups is 1. The first-order valence-electron chi connectivity index (χ1n) is 7.32. The van der Waals surface area contributed by atoms with E-state index in [1.165, 1.54) is 0 Å². The van der Waals surface area contributed by atoms with Crippen LogP contribution in [0.5, 0.6) is 0 Å². The van der Waals surface area contributed by atoms with Crippen LogP contribution >= 0.6 is 11.6 Å². The fourth-order valence-corrected chi connectivity index (χ4v) is 3.04. The molecule has 110 valence electrons. The fraction of sp³-hybridized carbons (Fsp3) is 0.929. The largest absolute Gasteiger partial charge is 0.381 e. The summed E-state index contributed by atoms with van der Waals surface area (Å²) >= 11 is 5.65. The number of rotatable bonds is 6. The molecule has 0 radical (unpaired) electrons. The van der Waals surface area contributed by atoms with Crippen LogP contribution in [0.3, 0.4) is 0 Å². The van der Waals surface area contributed by atoms with Gasteiger partial charge in [-0.25, -0.2) is 0 Å². The molecule has 0 N–H and O–H groups in total. The molecule has 2 saturated heterocycles. The van der Waals surface area contributed by atoms with Gasteiger partial charge >= 0.3 is 0 Å². The topological polar surface area (TPSA) is 38.8 Å². The Kier molecular flexibility index (Phi) is 6.41. The van der Waals surface area contributed by atoms with Gasteiger partial charge in [-0.05, 0) is 31.6 Å². The summed E-state index contributed by atoms with van der Waals surface area (Å²) in [5, 5.41) is 0. The number of carbonyl (C=O) groups excluding carboxylic acids is 1. The van der Waals surface area contributed by atoms with E-state index in [1.807, 2.05) is 4.90 Å². The van der Waals surface area contributed by atoms with Crippen molar-refractivity contribution in [2.24, 2.45) is 5.92 Å². The van der Waals surface area contributed by atoms with Crippen molar-refractivity contribution in [2.45, 2.75) is 38.1 Å². The van der Waals surface area contributed by atoms with E-state index in [0.717, 1.165) is 45.4 Å². The maximum absolute atomic E-state index is 12.3. The fourth-order valence-electron chi connectivity index (χ4n) is 2.85. The van der Waals surface area contributed by atoms with Gasteiger partial charge in [0.2, 0.25) is 5.91 Å². The third kappa shape index (κ3) is 4.62. The lowest BCUT2D eigenvalue weighted by atomic mass is 9.97. The van der Waals surface area contributed by atoms with Gasteiger partial charge in [-0.15, -0.1) is 11.6 Å². The first-order chi connectivity index (χ1) is 9.31. The van der Waals surface area contributed by atoms with Crippen molar-refractivity contribution in [1.82, 2.24) is 4.90 Å². The van der Waals surface area contributed by atoms with Gasteiger partial charge in [0.25, 0.3) is 0 Å². The van der Waals surface area contributed by atoms with E-state index >= 15 is 0 Å². The Morgan fingerprint density at radius 1 is 1.21 bits per heavy atom. The number of nitrogens with zero attached hydrogens (tertiary/aromatic N) is 1. The van der Waals surface area contributed by atoms with Crippen LogP contribution in [0.1, 0.15) is 32.1 Å². The van der Waals surface area contributed by atoms with Crippen LogP contribution in [0.2, 0.25) is 0 Å². The standard InChI is InChI=1S/C14H24ClNO3/c15-5-2-1-3-14(17)16-6-8-19-11-13(16)9-12-4-7-18-10-12/h12-13H,1-11H2. The molecule has 0 spiro atoms. The molecule has 2 aliphatic heterocycles. The first kappa shape index (κ1) is 15.1. The van der Waals surface area contributed by atoms with Crippen molar-refractivity contribution in [1.29, 1.82) is 0 Å². The van der Waals surface area contributed by atoms with Crippen LogP contribution in [0.25, 0.3) is 0 Å². The van der Waals surface area contributed by atoms with Gasteiger partial charge < -0.3 is 14.4 Å². The third-order valence-electron chi connectivity index (χ3n) is 3.95. The maximum atomic E-state index is 12.3. The highest BCUT2D eigenvalue weighted by Crippen LogP contribution is 2.23. The Balaban J connectivity index is 1.82. The summed E-state index contributed by atoms with van der Waals surface area (Å²) in [6.07, 6.45) is 4.55. The lowest BCUT2D eigenvalue weighted by molar-refractivity contribution is -0.140. The summed E-state index contributed by atoms with van der Waals surface area (Å²) in [6.45, 7) is 3.78. The zero-order chi connectivity index (χ0) is 13.5. The van der Waals surface area contributed by atoms with E-state index in [1.54, 1.807) is 0 Å². The minimum absolute atomic E-state index is 0.240. The number of halogens is 1. The maximum Gasteiger partial charge on any atom is 0.222 e. The summed E-state index contributed by atoms with van der Waals surface area (Å²) < 4.78 is 11.0. The molecule has 2 rings (SSSR count). The average Bonchev–Trinajstić information content (AvgIpc) is 2.92. The van der Waals surface area contributed by atoms with Crippen LogP contribution in [0, 0.1) is 5.92 Å². The van der Waals surface area contributed by atoms with E-state index in [-0.39, 0.29) is 11.9 Å². The van der Waals surface area contributed by atoms with Gasteiger partial charge in [-0.2, -0.15) is 0 Å². The predicted octanol–water partition coefficient (Wildman–Crippen LogP) is 2.05. The smallest absolute Gasteiger partial charge is 0.222 e. The van der Waals surface area contributed by atoms with Crippen LogP contribution in [-0.2, 0) is 14.3 Å². The normalized spacial score (nSPS) is 27.7. The molecule has 0 saturated carbocycles. The molecule has 0 bridgehead atoms. The molecule has 2 aliphatic rings. The van der Waals surface area contributed by atoms with Crippen LogP contribution in [0.4, 0.5) is 0 Å². The quantitative estimate of drug-likeness (QED) is 0.555. The van der Waals surface area contributed by atoms with E-state index in [4.69, 9.17) is 21.1 Å². The average molecular weight is 290 g/mol. The lowest BCUT2D eigenvalue weighted by Gasteiger charge is -2.37. The zero-order valence-corrected chi connectivity index (χ0v) is 12.2. The molecular weight excluding hydrogens is 266 g/mol. The van der Waals surface area contributed by atoms with Gasteiger partial charge in [0, 0.05) is 32.1 Å². The number of alkyl halides is 1. The van der Waals surface area contributed by atoms with Crippen molar-refractivity contribution < 1.29 is 14.3 Å². The second-order valence-electron chi connectivity index (χ2n) is 5.43. The van der Waals surface area contributed by atoms with Gasteiger partial charge in [0.05, 0.1) is 19.3 Å². The Hall–Kier alpha value is -0.320. The van der Waals surface area contributed by atoms with Crippen molar-refractivity contribution in [2.75, 3.05) is 38.9 Å². The summed E-state index contributed by atoms with van der Waals surface area (Å²) in [5.74, 6) is 1.49. The monoisotopic (exact) mass is 289 g/mol. The molecular formula is C14H24ClNO3. The second-order valence-corrected chi connectivity index (χ2v) is 5.81. The predicted molar refractivity (Wildman–Crippen MR) is 74.4 cm³/mol. The van der Waals surface area contributed by atoms with Crippen LogP contribution in [-0.4, -0.2) is 55.7 Å². The van der Waals surface area contributed by atoms with E-state index in [0.29, 0.717) is 31.4 Å². The number of ether oxygens (including phenoxy) is 2. The summed E-state index contributed by atoms with van der Waals surface area (Å²) in [7, 11) is 0. The highest BCUT2D eigenvalue weighted by molar-refractivity contribution is 6.17. The van der Waals surface area contributed by atoms with E-state index in [9.17, 15) is 4.79 Å². The first-order valence-corrected chi connectivity index (χ1v) is 7.85. The molecule has 4 nitrogen and oxygen atoms in total. The molecule has 1 amide bonds. The second kappa shape index (κ2) is 8.08. The SMILES string of the molecule is O=C(CCCCCl)N1CCOCC1CC1CCOC1. The van der Waals surface area contributed by atoms with Crippen molar-refractivity contribution >= 4 is 17.5 Å². The van der Waals surface area contributed by atoms with Crippen molar-refractivity contribution in [3.8, 4) is 0 Å². The Morgan fingerprint density at radius 2 is 2.05 bits per heavy atom. The molecule has 0 aliphatic carbocycles. The van der Waals surface area contributed by atoms with Gasteiger partial charge in [-0.3, -0.25) is 4.79 Å². The number of unbranched alkanes of at least 4 members (excludes halogenated alkanes) is 1. The lowest BCUT2D eigenvalue weighted by Crippen LogP contribution is -2.49. The summed E-state index contributed by atoms with van der Waals surface area (Å²) in [6, 6.07) is 0.240. The molecule has 2 heterocycles. The minimum atomic E-state index is 0.240. The number of hydrogen-bond donors (Lipinski definition) is 0. The Bertz CT molecular complexity index is 282. The highest BCUT2D eigenvalue weighted by atomic mass is 35.5. The molecule has 2 unspecified atom stereocenters. The molecule has 2 fully saturated rings. The number of hydrogen-bond acceptors (Lipinski definition) is 3. The molecule has 5 heteroatoms. The van der Waals surface area contributed by atoms with E-state index < -0.39 is 0 Å². The molecule has 0 aromatic rings. The number of morpholine rings is 1. The van der Waals surface area contributed by atoms with Crippen molar-refractivity contribution in [3.05, 3.63) is 0 Å². The van der Waals surface area contributed by atoms with Gasteiger partial charge in [0.15, 0.2) is 0 Å². The Labute approximate surface area is 120 Å². The zero-order valence-electron chi connectivity index (χ0n) is 11.5. The third-order valence-corrected chi connectivity index (χ3v) is 4.22. The van der Waals surface area contributed by atoms with Crippen molar-refractivity contribution in [3.63, 3.8) is 0 Å². The van der Waals surface area contributed by atoms with Gasteiger partial charge in [-0.1, -0.05) is 0 Å². The molecule has 0 aromatic heterocycles. The minimum Gasteiger partial charge on any atom is -0.381 e. The Morgan fingerprint density at radius 3 is 2.79 bits per heavy atom. The van der Waals surface area contributed by atoms with E-state index in [2.05, 4.69) is 0 Å². The number of amides is 1. The van der Waals surface area contributed by atoms with Gasteiger partial charge in [0.1, 0.15) is 0 Å². The summed E-state index contributed by atoms with van der Waals surface area (Å²) in [5.41, 5.74) is 0.